The van der Waals surface area contributed by atoms with Crippen LogP contribution < -0.4 is 21.3 Å². The first-order valence-corrected chi connectivity index (χ1v) is 39.3. The molecule has 0 spiro atoms. The van der Waals surface area contributed by atoms with Gasteiger partial charge in [-0.05, 0) is 245 Å². The highest BCUT2D eigenvalue weighted by Crippen LogP contribution is 2.50. The van der Waals surface area contributed by atoms with Crippen molar-refractivity contribution in [2.24, 2.45) is 32.5 Å². The monoisotopic (exact) mass is 1580 g/mol. The summed E-state index contributed by atoms with van der Waals surface area (Å²) in [6, 6.07) is 2.11. The summed E-state index contributed by atoms with van der Waals surface area (Å²) in [6.07, 6.45) is 21.4. The summed E-state index contributed by atoms with van der Waals surface area (Å²) in [5.41, 5.74) is -2.22. The van der Waals surface area contributed by atoms with Gasteiger partial charge in [0.1, 0.15) is 34.1 Å². The molecule has 0 radical (unpaired) electrons. The number of Topliss-reactive ketones (excluding diaryl/α,β-unsaturated/α-hetero) is 3. The molecular weight excluding hydrogens is 1430 g/mol. The molecule has 112 heavy (non-hydrogen) atoms. The van der Waals surface area contributed by atoms with Crippen LogP contribution in [0, 0.1) is 56.2 Å². The van der Waals surface area contributed by atoms with Gasteiger partial charge in [-0.15, -0.1) is 6.42 Å². The fourth-order valence-electron chi connectivity index (χ4n) is 9.37. The van der Waals surface area contributed by atoms with Crippen molar-refractivity contribution in [1.82, 2.24) is 31.1 Å². The van der Waals surface area contributed by atoms with Gasteiger partial charge in [0.25, 0.3) is 0 Å². The zero-order valence-electron chi connectivity index (χ0n) is 75.9. The lowest BCUT2D eigenvalue weighted by Gasteiger charge is -2.36. The van der Waals surface area contributed by atoms with Gasteiger partial charge in [-0.3, -0.25) is 52.7 Å². The number of amides is 6. The summed E-state index contributed by atoms with van der Waals surface area (Å²) in [6.45, 7) is 68.6. The molecule has 6 amide bonds. The number of nitrogens with zero attached hydrogens (tertiary/aromatic N) is 3. The number of nitrogens with one attached hydrogen (secondary N) is 4. The van der Waals surface area contributed by atoms with Crippen LogP contribution in [0.1, 0.15) is 332 Å². The SMILES string of the molecule is C#CC(=O)C(C)(C)C.C/C(F)=C(\C)C(=O)NC(C)(C)C.CC(=O)C1(C(=O)OCC(C)(C)C)CC1.CC(C)(C)C(=O)C1(C#N)CC1.CC(C)(C)N1CC=CC1=O.CC(C)(C)N1CCC=CC1=O.CC(C)(C)NC(=O)C1=C(F)CCC1.CC(C)(C)NC(=O)C1=C(F)CCCC1.CCC(=O)NC(C)(C)C.CCC(=O)OCC(C)(C)C. The highest BCUT2D eigenvalue weighted by atomic mass is 19.1. The van der Waals surface area contributed by atoms with Gasteiger partial charge < -0.3 is 40.5 Å². The van der Waals surface area contributed by atoms with Crippen molar-refractivity contribution in [3.05, 3.63) is 58.5 Å². The fourth-order valence-corrected chi connectivity index (χ4v) is 9.37. The summed E-state index contributed by atoms with van der Waals surface area (Å²) in [5.74, 6) is 0.183. The van der Waals surface area contributed by atoms with Crippen molar-refractivity contribution >= 4 is 64.7 Å². The minimum absolute atomic E-state index is 0.0259. The number of allylic oxidation sites excluding steroid dienone is 3. The van der Waals surface area contributed by atoms with Crippen LogP contribution in [0.4, 0.5) is 13.2 Å². The molecule has 4 N–H and O–H groups in total. The summed E-state index contributed by atoms with van der Waals surface area (Å²) < 4.78 is 48.9. The molecule has 6 aliphatic rings. The third-order valence-electron chi connectivity index (χ3n) is 16.0. The molecule has 640 valence electrons. The molecule has 0 saturated heterocycles. The van der Waals surface area contributed by atoms with Gasteiger partial charge >= 0.3 is 11.9 Å². The molecule has 0 aromatic heterocycles. The van der Waals surface area contributed by atoms with E-state index in [9.17, 15) is 65.9 Å². The molecule has 23 heteroatoms. The van der Waals surface area contributed by atoms with Crippen LogP contribution in [0.2, 0.25) is 0 Å². The highest BCUT2D eigenvalue weighted by Gasteiger charge is 2.56. The minimum Gasteiger partial charge on any atom is -0.465 e. The molecule has 20 nitrogen and oxygen atoms in total. The molecule has 2 fully saturated rings. The number of carbonyl (C=O) groups excluding carboxylic acids is 11. The molecule has 2 heterocycles. The lowest BCUT2D eigenvalue weighted by Crippen LogP contribution is -2.46. The fraction of sp³-hybridized carbons (Fsp3) is 0.730. The smallest absolute Gasteiger partial charge is 0.319 e. The molecule has 0 bridgehead atoms. The molecule has 6 rings (SSSR count). The van der Waals surface area contributed by atoms with Gasteiger partial charge in [-0.25, -0.2) is 13.2 Å². The number of esters is 2. The number of terminal acetylenes is 1. The van der Waals surface area contributed by atoms with Crippen LogP contribution in [0.3, 0.4) is 0 Å². The van der Waals surface area contributed by atoms with Gasteiger partial charge in [-0.2, -0.15) is 5.26 Å². The van der Waals surface area contributed by atoms with Crippen LogP contribution >= 0.6 is 0 Å². The number of carbonyl (C=O) groups is 11. The summed E-state index contributed by atoms with van der Waals surface area (Å²) in [7, 11) is 0. The molecule has 2 saturated carbocycles. The topological polar surface area (TPSA) is 285 Å². The van der Waals surface area contributed by atoms with E-state index in [2.05, 4.69) is 54.0 Å². The van der Waals surface area contributed by atoms with Crippen LogP contribution in [-0.2, 0) is 62.2 Å². The Morgan fingerprint density at radius 1 is 0.527 bits per heavy atom. The summed E-state index contributed by atoms with van der Waals surface area (Å²) >= 11 is 0. The predicted molar refractivity (Wildman–Crippen MR) is 444 cm³/mol. The molecule has 0 atom stereocenters. The van der Waals surface area contributed by atoms with Crippen LogP contribution in [0.25, 0.3) is 0 Å². The standard InChI is InChI=1S/C11H18FNO.C11H18O3.C10H16FNO.C9H16FNO.C9H13NO.C9H15NO.C8H13NO.C8H16O2.C7H15NO.C7H10O/c1-11(2,3)13-10(14)8-6-4-5-7-9(8)12;1-8(12)11(5-6-11)9(13)14-7-10(2,3)4;1-10(2,3)12-9(13)7-5-4-6-8(7)11;1-6(7(2)10)8(12)11-9(3,4)5;1-8(2,3)7(11)9(6-10)4-5-9;1-9(2,3)10-7-5-4-6-8(10)11;1-8(2,3)9-6-4-5-7(9)10;1-5-7(9)10-6-8(2,3)4;1-5-6(9)8-7(2,3)4;1-5-6(8)7(2,3)4/h4-7H2,1-3H3,(H,13,14);5-7H2,1-4H3;4-6H2,1-3H3,(H,12,13);1-5H3,(H,11,12);4-5H2,1-3H3;4,6H,5,7H2,1-3H3;4-5H,6H2,1-3H3;5-6H2,1-4H3;5H2,1-4H3,(H,8,9);1H,2-4H3/b;;;7-6-;;;;;;. The minimum atomic E-state index is -0.773. The zero-order chi connectivity index (χ0) is 89.2. The Balaban J connectivity index is -0.000000581. The lowest BCUT2D eigenvalue weighted by atomic mass is 9.82. The number of nitriles is 1. The Labute approximate surface area is 674 Å². The predicted octanol–water partition coefficient (Wildman–Crippen LogP) is 18.3. The van der Waals surface area contributed by atoms with Crippen molar-refractivity contribution in [3.63, 3.8) is 0 Å². The Kier molecular flexibility index (Phi) is 46.7. The number of hydrogen-bond donors (Lipinski definition) is 4. The maximum Gasteiger partial charge on any atom is 0.319 e. The van der Waals surface area contributed by atoms with Crippen molar-refractivity contribution in [3.8, 4) is 18.4 Å². The van der Waals surface area contributed by atoms with Crippen LogP contribution in [0.5, 0.6) is 0 Å². The van der Waals surface area contributed by atoms with Gasteiger partial charge in [0.15, 0.2) is 5.78 Å². The van der Waals surface area contributed by atoms with E-state index >= 15 is 0 Å². The lowest BCUT2D eigenvalue weighted by molar-refractivity contribution is -0.156. The first-order valence-electron chi connectivity index (χ1n) is 39.3. The van der Waals surface area contributed by atoms with Crippen LogP contribution in [0.15, 0.2) is 58.5 Å². The van der Waals surface area contributed by atoms with Crippen LogP contribution in [-0.4, -0.2) is 134 Å². The number of ether oxygens (including phenoxy) is 2. The second-order valence-corrected chi connectivity index (χ2v) is 39.5. The van der Waals surface area contributed by atoms with Gasteiger partial charge in [0.05, 0.1) is 19.3 Å². The molecule has 0 aromatic carbocycles. The maximum atomic E-state index is 13.3. The van der Waals surface area contributed by atoms with E-state index < -0.39 is 16.7 Å². The van der Waals surface area contributed by atoms with E-state index in [1.54, 1.807) is 39.8 Å². The molecule has 0 unspecified atom stereocenters. The molecular formula is C89H150F3N7O13. The molecule has 4 aliphatic carbocycles. The summed E-state index contributed by atoms with van der Waals surface area (Å²) in [4.78, 5) is 127. The number of halogens is 3. The Morgan fingerprint density at radius 2 is 0.920 bits per heavy atom. The van der Waals surface area contributed by atoms with Crippen molar-refractivity contribution in [1.29, 1.82) is 5.26 Å². The van der Waals surface area contributed by atoms with Crippen molar-refractivity contribution in [2.45, 2.75) is 365 Å². The largest absolute Gasteiger partial charge is 0.465 e. The van der Waals surface area contributed by atoms with E-state index in [0.717, 1.165) is 51.6 Å². The van der Waals surface area contributed by atoms with Crippen molar-refractivity contribution < 1.29 is 75.4 Å². The maximum absolute atomic E-state index is 13.3. The van der Waals surface area contributed by atoms with Crippen molar-refractivity contribution in [2.75, 3.05) is 26.3 Å². The second-order valence-electron chi connectivity index (χ2n) is 39.5. The van der Waals surface area contributed by atoms with Gasteiger partial charge in [0.2, 0.25) is 41.2 Å². The zero-order valence-corrected chi connectivity index (χ0v) is 75.9. The third-order valence-corrected chi connectivity index (χ3v) is 16.0. The van der Waals surface area contributed by atoms with Gasteiger partial charge in [0, 0.05) is 92.8 Å². The molecule has 0 aromatic rings. The average Bonchev–Trinajstić information content (AvgIpc) is 1.63. The summed E-state index contributed by atoms with van der Waals surface area (Å²) in [5, 5.41) is 19.7. The highest BCUT2D eigenvalue weighted by molar-refractivity contribution is 6.05. The third kappa shape index (κ3) is 51.1. The Hall–Kier alpha value is -7.69. The van der Waals surface area contributed by atoms with E-state index in [4.69, 9.17) is 21.2 Å². The first kappa shape index (κ1) is 111. The van der Waals surface area contributed by atoms with Gasteiger partial charge in [-0.1, -0.05) is 109 Å². The second kappa shape index (κ2) is 47.2. The quantitative estimate of drug-likeness (QED) is 0.0520. The Bertz CT molecular complexity index is 3390. The van der Waals surface area contributed by atoms with E-state index in [0.29, 0.717) is 75.7 Å². The average molecular weight is 1580 g/mol. The van der Waals surface area contributed by atoms with E-state index in [-0.39, 0.29) is 137 Å². The number of ketones is 3. The number of hydrogen-bond acceptors (Lipinski definition) is 14. The van der Waals surface area contributed by atoms with E-state index in [1.165, 1.54) is 20.8 Å². The molecule has 2 aliphatic heterocycles. The van der Waals surface area contributed by atoms with E-state index in [1.807, 2.05) is 195 Å². The Morgan fingerprint density at radius 3 is 1.16 bits per heavy atom. The number of rotatable bonds is 10. The normalized spacial score (nSPS) is 16.4. The first-order chi connectivity index (χ1) is 50.2.